The second kappa shape index (κ2) is 12.0. The lowest BCUT2D eigenvalue weighted by molar-refractivity contribution is -0.145. The van der Waals surface area contributed by atoms with Gasteiger partial charge in [0.25, 0.3) is 0 Å². The van der Waals surface area contributed by atoms with Crippen molar-refractivity contribution in [2.24, 2.45) is 0 Å². The van der Waals surface area contributed by atoms with Crippen LogP contribution in [-0.2, 0) is 14.3 Å². The molecular formula is C19H20Cl2O3S. The molecule has 0 saturated carbocycles. The number of hydrogen-bond acceptors (Lipinski definition) is 4. The first-order chi connectivity index (χ1) is 11.9. The van der Waals surface area contributed by atoms with Crippen molar-refractivity contribution in [3.05, 3.63) is 70.2 Å². The van der Waals surface area contributed by atoms with Crippen molar-refractivity contribution in [1.29, 1.82) is 0 Å². The summed E-state index contributed by atoms with van der Waals surface area (Å²) >= 11 is 12.9. The normalized spacial score (nSPS) is 11.0. The molecule has 1 unspecified atom stereocenters. The third kappa shape index (κ3) is 10.2. The van der Waals surface area contributed by atoms with E-state index in [0.29, 0.717) is 10.8 Å². The average molecular weight is 399 g/mol. The number of carbonyl (C=O) groups is 2. The maximum atomic E-state index is 11.4. The summed E-state index contributed by atoms with van der Waals surface area (Å²) in [6, 6.07) is 17.0. The van der Waals surface area contributed by atoms with Gasteiger partial charge in [-0.05, 0) is 36.8 Å². The Kier molecular flexibility index (Phi) is 10.3. The first-order valence-electron chi connectivity index (χ1n) is 7.61. The predicted octanol–water partition coefficient (Wildman–Crippen LogP) is 5.61. The second-order valence-corrected chi connectivity index (χ2v) is 7.32. The van der Waals surface area contributed by atoms with Gasteiger partial charge in [-0.25, -0.2) is 0 Å². The molecule has 0 aliphatic carbocycles. The van der Waals surface area contributed by atoms with Crippen LogP contribution in [0.1, 0.15) is 24.7 Å². The fraction of sp³-hybridized carbons (Fsp3) is 0.263. The first kappa shape index (κ1) is 21.6. The Balaban J connectivity index is 0.000000370. The molecule has 0 radical (unpaired) electrons. The van der Waals surface area contributed by atoms with Gasteiger partial charge >= 0.3 is 5.97 Å². The van der Waals surface area contributed by atoms with Crippen LogP contribution in [0.4, 0.5) is 0 Å². The Morgan fingerprint density at radius 3 is 2.04 bits per heavy atom. The molecule has 0 aliphatic heterocycles. The van der Waals surface area contributed by atoms with Gasteiger partial charge < -0.3 is 4.74 Å². The monoisotopic (exact) mass is 398 g/mol. The number of ketones is 1. The number of ether oxygens (including phenoxy) is 1. The number of Topliss-reactive ketones (excluding diaryl/α,β-unsaturated/α-hetero) is 1. The van der Waals surface area contributed by atoms with Crippen molar-refractivity contribution < 1.29 is 14.3 Å². The Morgan fingerprint density at radius 1 is 1.00 bits per heavy atom. The Bertz CT molecular complexity index is 660. The molecule has 0 N–H and O–H groups in total. The smallest absolute Gasteiger partial charge is 0.303 e. The summed E-state index contributed by atoms with van der Waals surface area (Å²) in [5, 5.41) is 1.69. The highest BCUT2D eigenvalue weighted by molar-refractivity contribution is 8.00. The molecule has 0 aliphatic rings. The maximum absolute atomic E-state index is 11.4. The zero-order valence-corrected chi connectivity index (χ0v) is 16.4. The number of esters is 1. The lowest BCUT2D eigenvalue weighted by Gasteiger charge is -2.11. The summed E-state index contributed by atoms with van der Waals surface area (Å²) in [4.78, 5) is 22.0. The van der Waals surface area contributed by atoms with Crippen LogP contribution >= 0.6 is 35.0 Å². The van der Waals surface area contributed by atoms with E-state index in [1.165, 1.54) is 18.7 Å². The molecule has 0 fully saturated rings. The van der Waals surface area contributed by atoms with Crippen molar-refractivity contribution in [3.8, 4) is 0 Å². The van der Waals surface area contributed by atoms with Gasteiger partial charge in [-0.15, -0.1) is 11.8 Å². The molecule has 0 amide bonds. The highest BCUT2D eigenvalue weighted by Crippen LogP contribution is 2.28. The molecule has 0 saturated heterocycles. The van der Waals surface area contributed by atoms with Gasteiger partial charge in [-0.2, -0.15) is 0 Å². The number of thioether (sulfide) groups is 1. The third-order valence-electron chi connectivity index (χ3n) is 3.00. The maximum Gasteiger partial charge on any atom is 0.303 e. The molecule has 134 valence electrons. The third-order valence-corrected chi connectivity index (χ3v) is 4.77. The molecule has 25 heavy (non-hydrogen) atoms. The van der Waals surface area contributed by atoms with E-state index in [-0.39, 0.29) is 17.6 Å². The number of rotatable bonds is 6. The van der Waals surface area contributed by atoms with E-state index in [1.54, 1.807) is 0 Å². The fourth-order valence-corrected chi connectivity index (χ4v) is 2.83. The standard InChI is InChI=1S/C13H15ClO3S.C6H5Cl/c1-9(11-3-5-12(14)6-4-11)18-8-13(16)7-17-10(2)15;7-6-4-2-1-3-5-6/h3-6,9H,7-8H2,1-2H3;1-5H. The molecular weight excluding hydrogens is 379 g/mol. The molecule has 0 aromatic heterocycles. The number of benzene rings is 2. The summed E-state index contributed by atoms with van der Waals surface area (Å²) < 4.78 is 4.64. The summed E-state index contributed by atoms with van der Waals surface area (Å²) in [7, 11) is 0. The largest absolute Gasteiger partial charge is 0.458 e. The predicted molar refractivity (Wildman–Crippen MR) is 105 cm³/mol. The molecule has 1 atom stereocenters. The van der Waals surface area contributed by atoms with Gasteiger partial charge in [-0.3, -0.25) is 9.59 Å². The lowest BCUT2D eigenvalue weighted by Crippen LogP contribution is -2.14. The number of carbonyl (C=O) groups excluding carboxylic acids is 2. The minimum atomic E-state index is -0.431. The van der Waals surface area contributed by atoms with Gasteiger partial charge in [-0.1, -0.05) is 53.5 Å². The van der Waals surface area contributed by atoms with Crippen LogP contribution in [0.3, 0.4) is 0 Å². The quantitative estimate of drug-likeness (QED) is 0.593. The summed E-state index contributed by atoms with van der Waals surface area (Å²) in [5.74, 6) is -0.188. The van der Waals surface area contributed by atoms with Gasteiger partial charge in [0, 0.05) is 22.2 Å². The average Bonchev–Trinajstić information content (AvgIpc) is 2.59. The molecule has 3 nitrogen and oxygen atoms in total. The molecule has 6 heteroatoms. The Labute approximate surface area is 162 Å². The van der Waals surface area contributed by atoms with Crippen LogP contribution in [0.5, 0.6) is 0 Å². The van der Waals surface area contributed by atoms with Crippen LogP contribution in [-0.4, -0.2) is 24.1 Å². The van der Waals surface area contributed by atoms with Crippen molar-refractivity contribution in [1.82, 2.24) is 0 Å². The summed E-state index contributed by atoms with van der Waals surface area (Å²) in [6.07, 6.45) is 0. The SMILES string of the molecule is CC(=O)OCC(=O)CSC(C)c1ccc(Cl)cc1.Clc1ccccc1. The lowest BCUT2D eigenvalue weighted by atomic mass is 10.2. The van der Waals surface area contributed by atoms with E-state index in [2.05, 4.69) is 4.74 Å². The number of hydrogen-bond donors (Lipinski definition) is 0. The molecule has 2 aromatic rings. The van der Waals surface area contributed by atoms with Crippen LogP contribution in [0.2, 0.25) is 10.0 Å². The number of halogens is 2. The first-order valence-corrected chi connectivity index (χ1v) is 9.41. The molecule has 0 bridgehead atoms. The van der Waals surface area contributed by atoms with Gasteiger partial charge in [0.2, 0.25) is 0 Å². The van der Waals surface area contributed by atoms with E-state index in [1.807, 2.05) is 61.5 Å². The molecule has 0 heterocycles. The van der Waals surface area contributed by atoms with Gasteiger partial charge in [0.15, 0.2) is 12.4 Å². The van der Waals surface area contributed by atoms with Crippen LogP contribution in [0, 0.1) is 0 Å². The van der Waals surface area contributed by atoms with E-state index in [4.69, 9.17) is 23.2 Å². The fourth-order valence-electron chi connectivity index (χ4n) is 1.69. The Morgan fingerprint density at radius 2 is 1.56 bits per heavy atom. The minimum absolute atomic E-state index is 0.0870. The van der Waals surface area contributed by atoms with Crippen molar-refractivity contribution in [2.45, 2.75) is 19.1 Å². The van der Waals surface area contributed by atoms with E-state index >= 15 is 0 Å². The van der Waals surface area contributed by atoms with Crippen LogP contribution in [0.15, 0.2) is 54.6 Å². The minimum Gasteiger partial charge on any atom is -0.458 e. The van der Waals surface area contributed by atoms with Gasteiger partial charge in [0.05, 0.1) is 5.75 Å². The zero-order chi connectivity index (χ0) is 18.7. The molecule has 2 aromatic carbocycles. The summed E-state index contributed by atoms with van der Waals surface area (Å²) in [6.45, 7) is 3.17. The van der Waals surface area contributed by atoms with E-state index in [9.17, 15) is 9.59 Å². The van der Waals surface area contributed by atoms with Gasteiger partial charge in [0.1, 0.15) is 0 Å². The second-order valence-electron chi connectivity index (χ2n) is 5.12. The van der Waals surface area contributed by atoms with Crippen molar-refractivity contribution >= 4 is 46.7 Å². The van der Waals surface area contributed by atoms with E-state index < -0.39 is 5.97 Å². The zero-order valence-electron chi connectivity index (χ0n) is 14.1. The van der Waals surface area contributed by atoms with Crippen molar-refractivity contribution in [2.75, 3.05) is 12.4 Å². The van der Waals surface area contributed by atoms with E-state index in [0.717, 1.165) is 10.6 Å². The summed E-state index contributed by atoms with van der Waals surface area (Å²) in [5.41, 5.74) is 1.12. The molecule has 0 spiro atoms. The highest BCUT2D eigenvalue weighted by Gasteiger charge is 2.10. The van der Waals surface area contributed by atoms with Crippen molar-refractivity contribution in [3.63, 3.8) is 0 Å². The van der Waals surface area contributed by atoms with Crippen LogP contribution in [0.25, 0.3) is 0 Å². The highest BCUT2D eigenvalue weighted by atomic mass is 35.5. The topological polar surface area (TPSA) is 43.4 Å². The Hall–Kier alpha value is -1.49. The van der Waals surface area contributed by atoms with Crippen LogP contribution < -0.4 is 0 Å². The molecule has 2 rings (SSSR count).